The van der Waals surface area contributed by atoms with E-state index in [0.29, 0.717) is 17.4 Å². The minimum Gasteiger partial charge on any atom is -0.334 e. The fraction of sp³-hybridized carbons (Fsp3) is 0.118. The second kappa shape index (κ2) is 5.81. The number of benzene rings is 2. The molecule has 0 saturated heterocycles. The van der Waals surface area contributed by atoms with Gasteiger partial charge in [-0.15, -0.1) is 0 Å². The highest BCUT2D eigenvalue weighted by molar-refractivity contribution is 5.89. The molecule has 1 aromatic heterocycles. The van der Waals surface area contributed by atoms with Gasteiger partial charge < -0.3 is 9.84 Å². The number of carbonyl (C=O) groups excluding carboxylic acids is 1. The molecule has 0 unspecified atom stereocenters. The fourth-order valence-corrected chi connectivity index (χ4v) is 2.18. The van der Waals surface area contributed by atoms with Gasteiger partial charge in [-0.05, 0) is 31.2 Å². The van der Waals surface area contributed by atoms with E-state index in [2.05, 4.69) is 15.5 Å². The summed E-state index contributed by atoms with van der Waals surface area (Å²) in [5.41, 5.74) is 3.50. The van der Waals surface area contributed by atoms with Gasteiger partial charge in [0.25, 0.3) is 5.89 Å². The first-order valence-corrected chi connectivity index (χ1v) is 6.90. The Balaban J connectivity index is 1.92. The average molecular weight is 293 g/mol. The Morgan fingerprint density at radius 3 is 2.64 bits per heavy atom. The zero-order valence-electron chi connectivity index (χ0n) is 12.3. The van der Waals surface area contributed by atoms with E-state index in [-0.39, 0.29) is 5.91 Å². The lowest BCUT2D eigenvalue weighted by atomic mass is 10.1. The first-order valence-electron chi connectivity index (χ1n) is 6.90. The molecule has 0 spiro atoms. The number of anilines is 1. The molecule has 110 valence electrons. The third-order valence-electron chi connectivity index (χ3n) is 3.13. The van der Waals surface area contributed by atoms with E-state index in [1.54, 1.807) is 6.07 Å². The molecule has 0 bridgehead atoms. The Morgan fingerprint density at radius 1 is 1.09 bits per heavy atom. The molecule has 0 fully saturated rings. The maximum Gasteiger partial charge on any atom is 0.258 e. The van der Waals surface area contributed by atoms with Gasteiger partial charge in [0.05, 0.1) is 0 Å². The van der Waals surface area contributed by atoms with E-state index in [9.17, 15) is 4.79 Å². The number of aryl methyl sites for hydroxylation is 1. The molecular weight excluding hydrogens is 278 g/mol. The van der Waals surface area contributed by atoms with Crippen LogP contribution in [0, 0.1) is 6.92 Å². The largest absolute Gasteiger partial charge is 0.334 e. The van der Waals surface area contributed by atoms with Gasteiger partial charge in [0.15, 0.2) is 0 Å². The first-order chi connectivity index (χ1) is 10.6. The summed E-state index contributed by atoms with van der Waals surface area (Å²) >= 11 is 0. The molecule has 1 amide bonds. The fourth-order valence-electron chi connectivity index (χ4n) is 2.18. The second-order valence-corrected chi connectivity index (χ2v) is 5.05. The first kappa shape index (κ1) is 14.0. The SMILES string of the molecule is CC(=O)Nc1cccc(-c2nc(-c3cccc(C)c3)no2)c1. The highest BCUT2D eigenvalue weighted by Crippen LogP contribution is 2.24. The number of amides is 1. The molecule has 0 aliphatic heterocycles. The highest BCUT2D eigenvalue weighted by Gasteiger charge is 2.11. The van der Waals surface area contributed by atoms with E-state index in [1.807, 2.05) is 49.4 Å². The van der Waals surface area contributed by atoms with Crippen LogP contribution in [0.25, 0.3) is 22.8 Å². The molecule has 1 N–H and O–H groups in total. The van der Waals surface area contributed by atoms with Gasteiger partial charge in [0.2, 0.25) is 11.7 Å². The molecule has 5 heteroatoms. The van der Waals surface area contributed by atoms with Gasteiger partial charge in [-0.25, -0.2) is 0 Å². The summed E-state index contributed by atoms with van der Waals surface area (Å²) in [4.78, 5) is 15.5. The van der Waals surface area contributed by atoms with Crippen molar-refractivity contribution in [1.82, 2.24) is 10.1 Å². The van der Waals surface area contributed by atoms with Crippen LogP contribution in [-0.4, -0.2) is 16.0 Å². The Hall–Kier alpha value is -2.95. The van der Waals surface area contributed by atoms with E-state index in [1.165, 1.54) is 6.92 Å². The molecule has 0 aliphatic rings. The highest BCUT2D eigenvalue weighted by atomic mass is 16.5. The minimum atomic E-state index is -0.122. The van der Waals surface area contributed by atoms with Gasteiger partial charge >= 0.3 is 0 Å². The van der Waals surface area contributed by atoms with Crippen molar-refractivity contribution < 1.29 is 9.32 Å². The molecule has 3 aromatic rings. The standard InChI is InChI=1S/C17H15N3O2/c1-11-5-3-6-13(9-11)16-19-17(22-20-16)14-7-4-8-15(10-14)18-12(2)21/h3-10H,1-2H3,(H,18,21). The van der Waals surface area contributed by atoms with Gasteiger partial charge in [0.1, 0.15) is 0 Å². The molecular formula is C17H15N3O2. The zero-order chi connectivity index (χ0) is 15.5. The van der Waals surface area contributed by atoms with E-state index < -0.39 is 0 Å². The number of carbonyl (C=O) groups is 1. The second-order valence-electron chi connectivity index (χ2n) is 5.05. The Labute approximate surface area is 128 Å². The molecule has 0 atom stereocenters. The van der Waals surface area contributed by atoms with E-state index >= 15 is 0 Å². The smallest absolute Gasteiger partial charge is 0.258 e. The summed E-state index contributed by atoms with van der Waals surface area (Å²) in [5.74, 6) is 0.843. The maximum atomic E-state index is 11.1. The zero-order valence-corrected chi connectivity index (χ0v) is 12.3. The van der Waals surface area contributed by atoms with Crippen molar-refractivity contribution in [3.63, 3.8) is 0 Å². The number of hydrogen-bond acceptors (Lipinski definition) is 4. The van der Waals surface area contributed by atoms with Crippen molar-refractivity contribution in [2.75, 3.05) is 5.32 Å². The summed E-state index contributed by atoms with van der Waals surface area (Å²) < 4.78 is 5.33. The number of hydrogen-bond donors (Lipinski definition) is 1. The quantitative estimate of drug-likeness (QED) is 0.800. The molecule has 5 nitrogen and oxygen atoms in total. The van der Waals surface area contributed by atoms with Crippen LogP contribution in [0.5, 0.6) is 0 Å². The van der Waals surface area contributed by atoms with Gasteiger partial charge in [-0.2, -0.15) is 4.98 Å². The van der Waals surface area contributed by atoms with Crippen molar-refractivity contribution in [1.29, 1.82) is 0 Å². The third-order valence-corrected chi connectivity index (χ3v) is 3.13. The Kier molecular flexibility index (Phi) is 3.70. The van der Waals surface area contributed by atoms with E-state index in [0.717, 1.165) is 16.7 Å². The van der Waals surface area contributed by atoms with Crippen molar-refractivity contribution in [2.24, 2.45) is 0 Å². The molecule has 0 aliphatic carbocycles. The lowest BCUT2D eigenvalue weighted by Crippen LogP contribution is -2.05. The molecule has 22 heavy (non-hydrogen) atoms. The minimum absolute atomic E-state index is 0.122. The Bertz CT molecular complexity index is 824. The molecule has 0 saturated carbocycles. The lowest BCUT2D eigenvalue weighted by Gasteiger charge is -2.02. The number of aromatic nitrogens is 2. The molecule has 1 heterocycles. The lowest BCUT2D eigenvalue weighted by molar-refractivity contribution is -0.114. The summed E-state index contributed by atoms with van der Waals surface area (Å²) in [6.45, 7) is 3.48. The van der Waals surface area contributed by atoms with Crippen LogP contribution in [0.3, 0.4) is 0 Å². The van der Waals surface area contributed by atoms with Crippen LogP contribution in [0.2, 0.25) is 0 Å². The summed E-state index contributed by atoms with van der Waals surface area (Å²) in [7, 11) is 0. The summed E-state index contributed by atoms with van der Waals surface area (Å²) in [5, 5.41) is 6.75. The average Bonchev–Trinajstić information content (AvgIpc) is 2.97. The normalized spacial score (nSPS) is 10.5. The Morgan fingerprint density at radius 2 is 1.86 bits per heavy atom. The van der Waals surface area contributed by atoms with E-state index in [4.69, 9.17) is 4.52 Å². The van der Waals surface area contributed by atoms with Crippen LogP contribution >= 0.6 is 0 Å². The molecule has 3 rings (SSSR count). The van der Waals surface area contributed by atoms with Crippen molar-refractivity contribution in [3.8, 4) is 22.8 Å². The predicted molar refractivity (Wildman–Crippen MR) is 84.2 cm³/mol. The summed E-state index contributed by atoms with van der Waals surface area (Å²) in [6.07, 6.45) is 0. The monoisotopic (exact) mass is 293 g/mol. The van der Waals surface area contributed by atoms with Crippen LogP contribution in [0.1, 0.15) is 12.5 Å². The van der Waals surface area contributed by atoms with Crippen molar-refractivity contribution in [3.05, 3.63) is 54.1 Å². The third kappa shape index (κ3) is 3.03. The number of nitrogens with one attached hydrogen (secondary N) is 1. The summed E-state index contributed by atoms with van der Waals surface area (Å²) in [6, 6.07) is 15.2. The number of nitrogens with zero attached hydrogens (tertiary/aromatic N) is 2. The predicted octanol–water partition coefficient (Wildman–Crippen LogP) is 3.67. The van der Waals surface area contributed by atoms with Gasteiger partial charge in [0, 0.05) is 23.7 Å². The molecule has 2 aromatic carbocycles. The van der Waals surface area contributed by atoms with Crippen LogP contribution in [0.4, 0.5) is 5.69 Å². The van der Waals surface area contributed by atoms with Crippen molar-refractivity contribution in [2.45, 2.75) is 13.8 Å². The van der Waals surface area contributed by atoms with Gasteiger partial charge in [-0.1, -0.05) is 35.0 Å². The van der Waals surface area contributed by atoms with Crippen LogP contribution in [-0.2, 0) is 4.79 Å². The van der Waals surface area contributed by atoms with Crippen LogP contribution < -0.4 is 5.32 Å². The number of rotatable bonds is 3. The topological polar surface area (TPSA) is 68.0 Å². The van der Waals surface area contributed by atoms with Crippen molar-refractivity contribution >= 4 is 11.6 Å². The maximum absolute atomic E-state index is 11.1. The molecule has 0 radical (unpaired) electrons. The van der Waals surface area contributed by atoms with Crippen LogP contribution in [0.15, 0.2) is 53.1 Å². The van der Waals surface area contributed by atoms with Gasteiger partial charge in [-0.3, -0.25) is 4.79 Å².